The van der Waals surface area contributed by atoms with E-state index in [1.165, 1.54) is 24.8 Å². The summed E-state index contributed by atoms with van der Waals surface area (Å²) in [5.41, 5.74) is 3.99. The summed E-state index contributed by atoms with van der Waals surface area (Å²) in [5.74, 6) is 0.862. The van der Waals surface area contributed by atoms with Crippen LogP contribution < -0.4 is 15.1 Å². The van der Waals surface area contributed by atoms with Gasteiger partial charge >= 0.3 is 0 Å². The van der Waals surface area contributed by atoms with E-state index in [9.17, 15) is 9.59 Å². The van der Waals surface area contributed by atoms with E-state index < -0.39 is 0 Å². The number of hydrogen-bond donors (Lipinski definition) is 1. The topological polar surface area (TPSA) is 55.9 Å². The molecule has 6 heteroatoms. The molecule has 0 aromatic heterocycles. The van der Waals surface area contributed by atoms with E-state index >= 15 is 0 Å². The Morgan fingerprint density at radius 3 is 2.57 bits per heavy atom. The van der Waals surface area contributed by atoms with E-state index in [2.05, 4.69) is 45.4 Å². The van der Waals surface area contributed by atoms with Crippen molar-refractivity contribution in [3.63, 3.8) is 0 Å². The fourth-order valence-corrected chi connectivity index (χ4v) is 5.96. The summed E-state index contributed by atoms with van der Waals surface area (Å²) < 4.78 is 0. The number of anilines is 2. The van der Waals surface area contributed by atoms with Crippen LogP contribution in [0.4, 0.5) is 11.4 Å². The summed E-state index contributed by atoms with van der Waals surface area (Å²) >= 11 is 0. The molecule has 2 fully saturated rings. The average Bonchev–Trinajstić information content (AvgIpc) is 2.91. The first-order chi connectivity index (χ1) is 17.1. The zero-order valence-electron chi connectivity index (χ0n) is 20.9. The van der Waals surface area contributed by atoms with Crippen LogP contribution in [0.15, 0.2) is 48.5 Å². The van der Waals surface area contributed by atoms with Crippen LogP contribution >= 0.6 is 0 Å². The number of benzene rings is 2. The van der Waals surface area contributed by atoms with Crippen molar-refractivity contribution in [3.8, 4) is 0 Å². The molecule has 5 rings (SSSR count). The number of rotatable bonds is 7. The zero-order valence-corrected chi connectivity index (χ0v) is 20.9. The highest BCUT2D eigenvalue weighted by Gasteiger charge is 2.38. The van der Waals surface area contributed by atoms with E-state index in [4.69, 9.17) is 0 Å². The fourth-order valence-electron chi connectivity index (χ4n) is 5.96. The normalized spacial score (nSPS) is 20.9. The third kappa shape index (κ3) is 5.37. The molecule has 0 radical (unpaired) electrons. The maximum Gasteiger partial charge on any atom is 0.251 e. The second-order valence-corrected chi connectivity index (χ2v) is 10.4. The van der Waals surface area contributed by atoms with Gasteiger partial charge in [0.15, 0.2) is 0 Å². The maximum atomic E-state index is 12.9. The minimum Gasteiger partial charge on any atom is -0.358 e. The molecule has 6 nitrogen and oxygen atoms in total. The van der Waals surface area contributed by atoms with Crippen LogP contribution in [0.5, 0.6) is 0 Å². The quantitative estimate of drug-likeness (QED) is 0.614. The Morgan fingerprint density at radius 2 is 1.77 bits per heavy atom. The molecule has 35 heavy (non-hydrogen) atoms. The van der Waals surface area contributed by atoms with E-state index in [0.29, 0.717) is 12.1 Å². The van der Waals surface area contributed by atoms with Gasteiger partial charge in [-0.1, -0.05) is 30.3 Å². The van der Waals surface area contributed by atoms with Crippen molar-refractivity contribution in [1.29, 1.82) is 0 Å². The smallest absolute Gasteiger partial charge is 0.251 e. The number of likely N-dealkylation sites (N-methyl/N-ethyl adjacent to an activating group) is 1. The van der Waals surface area contributed by atoms with Crippen LogP contribution in [0.25, 0.3) is 0 Å². The molecule has 1 N–H and O–H groups in total. The van der Waals surface area contributed by atoms with Crippen molar-refractivity contribution in [2.24, 2.45) is 5.92 Å². The molecule has 186 valence electrons. The van der Waals surface area contributed by atoms with E-state index in [1.807, 2.05) is 25.2 Å². The lowest BCUT2D eigenvalue weighted by Crippen LogP contribution is -2.54. The summed E-state index contributed by atoms with van der Waals surface area (Å²) in [5, 5.41) is 3.09. The van der Waals surface area contributed by atoms with Gasteiger partial charge in [0, 0.05) is 25.7 Å². The number of nitrogens with zero attached hydrogens (tertiary/aromatic N) is 3. The molecule has 2 amide bonds. The standard InChI is InChI=1S/C29H38N4O2/c1-31-27-21-24(11-12-25(27)33-17-6-5-10-26(33)29(31)35)28(34)30-15-7-16-32-18-13-23(14-19-32)20-22-8-3-2-4-9-22/h2-4,8-9,11-12,21,23,26H,5-7,10,13-20H2,1H3,(H,30,34)/t26-/m0/s1. The Labute approximate surface area is 209 Å². The zero-order chi connectivity index (χ0) is 24.2. The number of nitrogens with one attached hydrogen (secondary N) is 1. The van der Waals surface area contributed by atoms with E-state index in [1.54, 1.807) is 4.90 Å². The lowest BCUT2D eigenvalue weighted by atomic mass is 9.90. The number of hydrogen-bond acceptors (Lipinski definition) is 4. The maximum absolute atomic E-state index is 12.9. The molecule has 0 aliphatic carbocycles. The van der Waals surface area contributed by atoms with Crippen LogP contribution in [0, 0.1) is 5.92 Å². The first kappa shape index (κ1) is 23.9. The predicted octanol–water partition coefficient (Wildman–Crippen LogP) is 4.10. The molecular formula is C29H38N4O2. The highest BCUT2D eigenvalue weighted by molar-refractivity contribution is 6.07. The van der Waals surface area contributed by atoms with Gasteiger partial charge in [-0.15, -0.1) is 0 Å². The molecular weight excluding hydrogens is 436 g/mol. The Kier molecular flexibility index (Phi) is 7.37. The van der Waals surface area contributed by atoms with Crippen LogP contribution in [-0.2, 0) is 11.2 Å². The van der Waals surface area contributed by atoms with Gasteiger partial charge in [0.1, 0.15) is 6.04 Å². The lowest BCUT2D eigenvalue weighted by Gasteiger charge is -2.44. The van der Waals surface area contributed by atoms with Crippen LogP contribution in [0.3, 0.4) is 0 Å². The van der Waals surface area contributed by atoms with Gasteiger partial charge in [-0.3, -0.25) is 9.59 Å². The number of fused-ring (bicyclic) bond motifs is 3. The van der Waals surface area contributed by atoms with Gasteiger partial charge < -0.3 is 20.0 Å². The van der Waals surface area contributed by atoms with Gasteiger partial charge in [0.05, 0.1) is 11.4 Å². The summed E-state index contributed by atoms with van der Waals surface area (Å²) in [6.45, 7) is 4.90. The molecule has 0 bridgehead atoms. The molecule has 2 aromatic carbocycles. The monoisotopic (exact) mass is 474 g/mol. The molecule has 0 saturated carbocycles. The van der Waals surface area contributed by atoms with Crippen molar-refractivity contribution < 1.29 is 9.59 Å². The summed E-state index contributed by atoms with van der Waals surface area (Å²) in [6, 6.07) is 16.6. The molecule has 0 spiro atoms. The second-order valence-electron chi connectivity index (χ2n) is 10.4. The molecule has 3 aliphatic rings. The SMILES string of the molecule is CN1C(=O)[C@@H]2CCCCN2c2ccc(C(=O)NCCCN3CCC(Cc4ccccc4)CC3)cc21. The number of carbonyl (C=O) groups excluding carboxylic acids is 2. The van der Waals surface area contributed by atoms with Crippen molar-refractivity contribution in [1.82, 2.24) is 10.2 Å². The fraction of sp³-hybridized carbons (Fsp3) is 0.517. The average molecular weight is 475 g/mol. The predicted molar refractivity (Wildman–Crippen MR) is 141 cm³/mol. The molecule has 2 aromatic rings. The Hall–Kier alpha value is -2.86. The summed E-state index contributed by atoms with van der Waals surface area (Å²) in [7, 11) is 1.83. The highest BCUT2D eigenvalue weighted by atomic mass is 16.2. The molecule has 3 aliphatic heterocycles. The molecule has 3 heterocycles. The van der Waals surface area contributed by atoms with Crippen molar-refractivity contribution in [2.45, 2.75) is 51.0 Å². The third-order valence-electron chi connectivity index (χ3n) is 8.04. The van der Waals surface area contributed by atoms with Crippen LogP contribution in [0.2, 0.25) is 0 Å². The third-order valence-corrected chi connectivity index (χ3v) is 8.04. The minimum atomic E-state index is -0.0593. The largest absolute Gasteiger partial charge is 0.358 e. The first-order valence-electron chi connectivity index (χ1n) is 13.3. The van der Waals surface area contributed by atoms with Gasteiger partial charge in [-0.05, 0) is 94.3 Å². The molecule has 1 atom stereocenters. The Bertz CT molecular complexity index is 1030. The summed E-state index contributed by atoms with van der Waals surface area (Å²) in [4.78, 5) is 32.2. The minimum absolute atomic E-state index is 0.0515. The number of likely N-dealkylation sites (tertiary alicyclic amines) is 1. The lowest BCUT2D eigenvalue weighted by molar-refractivity contribution is -0.120. The number of piperidine rings is 2. The second kappa shape index (κ2) is 10.8. The highest BCUT2D eigenvalue weighted by Crippen LogP contribution is 2.39. The van der Waals surface area contributed by atoms with E-state index in [-0.39, 0.29) is 17.9 Å². The van der Waals surface area contributed by atoms with Crippen molar-refractivity contribution in [3.05, 3.63) is 59.7 Å². The van der Waals surface area contributed by atoms with Crippen molar-refractivity contribution >= 4 is 23.2 Å². The Balaban J connectivity index is 1.07. The number of carbonyl (C=O) groups is 2. The number of amides is 2. The molecule has 0 unspecified atom stereocenters. The van der Waals surface area contributed by atoms with Crippen LogP contribution in [0.1, 0.15) is 54.4 Å². The van der Waals surface area contributed by atoms with Gasteiger partial charge in [0.2, 0.25) is 5.91 Å². The van der Waals surface area contributed by atoms with Gasteiger partial charge in [-0.2, -0.15) is 0 Å². The Morgan fingerprint density at radius 1 is 0.971 bits per heavy atom. The first-order valence-corrected chi connectivity index (χ1v) is 13.3. The summed E-state index contributed by atoms with van der Waals surface area (Å²) in [6.07, 6.45) is 7.76. The van der Waals surface area contributed by atoms with Gasteiger partial charge in [-0.25, -0.2) is 0 Å². The molecule has 2 saturated heterocycles. The van der Waals surface area contributed by atoms with Crippen LogP contribution in [-0.4, -0.2) is 62.5 Å². The van der Waals surface area contributed by atoms with Crippen molar-refractivity contribution in [2.75, 3.05) is 49.6 Å². The van der Waals surface area contributed by atoms with E-state index in [0.717, 1.165) is 69.2 Å². The van der Waals surface area contributed by atoms with Gasteiger partial charge in [0.25, 0.3) is 5.91 Å².